The number of ketones is 1. The summed E-state index contributed by atoms with van der Waals surface area (Å²) < 4.78 is 38.4. The van der Waals surface area contributed by atoms with Gasteiger partial charge in [0.1, 0.15) is 21.4 Å². The Kier molecular flexibility index (Phi) is 6.26. The highest BCUT2D eigenvalue weighted by molar-refractivity contribution is 7.93. The highest BCUT2D eigenvalue weighted by Crippen LogP contribution is 2.33. The van der Waals surface area contributed by atoms with E-state index in [1.165, 1.54) is 6.07 Å². The monoisotopic (exact) mass is 468 g/mol. The summed E-state index contributed by atoms with van der Waals surface area (Å²) in [6, 6.07) is 3.34. The largest absolute Gasteiger partial charge is 0.496 e. The zero-order chi connectivity index (χ0) is 22.2. The van der Waals surface area contributed by atoms with Crippen molar-refractivity contribution in [3.05, 3.63) is 55.4 Å². The zero-order valence-corrected chi connectivity index (χ0v) is 19.5. The first-order valence-corrected chi connectivity index (χ1v) is 11.7. The standard InChI is InChI=1S/C20H21ClN2O5S2/c1-10-8-11(2)18(27-5)12(3)14(10)9-15(24)19-16(6-7-29-19)30(25,26)23-20-17(21)13(4)22-28-20/h6-8,23H,9H2,1-5H3. The maximum atomic E-state index is 13.1. The molecule has 0 amide bonds. The molecule has 0 radical (unpaired) electrons. The highest BCUT2D eigenvalue weighted by Gasteiger charge is 2.27. The van der Waals surface area contributed by atoms with Gasteiger partial charge < -0.3 is 9.26 Å². The van der Waals surface area contributed by atoms with Crippen molar-refractivity contribution in [3.8, 4) is 5.75 Å². The molecule has 1 aromatic carbocycles. The first-order chi connectivity index (χ1) is 14.1. The predicted octanol–water partition coefficient (Wildman–Crippen LogP) is 4.86. The average molecular weight is 469 g/mol. The van der Waals surface area contributed by atoms with Crippen LogP contribution in [0, 0.1) is 27.7 Å². The van der Waals surface area contributed by atoms with Crippen LogP contribution in [0.2, 0.25) is 5.02 Å². The fraction of sp³-hybridized carbons (Fsp3) is 0.300. The number of aromatic nitrogens is 1. The maximum Gasteiger partial charge on any atom is 0.265 e. The summed E-state index contributed by atoms with van der Waals surface area (Å²) in [6.45, 7) is 7.34. The van der Waals surface area contributed by atoms with Crippen molar-refractivity contribution in [1.82, 2.24) is 5.16 Å². The first kappa shape index (κ1) is 22.3. The molecule has 0 bridgehead atoms. The number of hydrogen-bond acceptors (Lipinski definition) is 7. The minimum absolute atomic E-state index is 0.0551. The lowest BCUT2D eigenvalue weighted by Gasteiger charge is -2.16. The summed E-state index contributed by atoms with van der Waals surface area (Å²) >= 11 is 7.07. The second-order valence-electron chi connectivity index (χ2n) is 6.88. The number of aryl methyl sites for hydroxylation is 3. The van der Waals surface area contributed by atoms with Gasteiger partial charge in [-0.15, -0.1) is 11.3 Å². The normalized spacial score (nSPS) is 11.5. The maximum absolute atomic E-state index is 13.1. The van der Waals surface area contributed by atoms with Crippen LogP contribution in [-0.2, 0) is 16.4 Å². The van der Waals surface area contributed by atoms with Gasteiger partial charge in [-0.25, -0.2) is 13.1 Å². The van der Waals surface area contributed by atoms with Gasteiger partial charge in [-0.2, -0.15) is 0 Å². The van der Waals surface area contributed by atoms with Crippen molar-refractivity contribution >= 4 is 44.6 Å². The van der Waals surface area contributed by atoms with Gasteiger partial charge in [0.2, 0.25) is 0 Å². The van der Waals surface area contributed by atoms with Gasteiger partial charge in [-0.1, -0.05) is 22.8 Å². The number of sulfonamides is 1. The Hall–Kier alpha value is -2.36. The molecule has 7 nitrogen and oxygen atoms in total. The van der Waals surface area contributed by atoms with E-state index in [1.807, 2.05) is 26.8 Å². The van der Waals surface area contributed by atoms with E-state index in [4.69, 9.17) is 20.9 Å². The smallest absolute Gasteiger partial charge is 0.265 e. The van der Waals surface area contributed by atoms with Crippen molar-refractivity contribution in [2.75, 3.05) is 11.8 Å². The van der Waals surface area contributed by atoms with Gasteiger partial charge in [0.05, 0.1) is 12.0 Å². The van der Waals surface area contributed by atoms with E-state index >= 15 is 0 Å². The van der Waals surface area contributed by atoms with Crippen molar-refractivity contribution in [2.24, 2.45) is 0 Å². The van der Waals surface area contributed by atoms with Gasteiger partial charge >= 0.3 is 0 Å². The van der Waals surface area contributed by atoms with Crippen LogP contribution < -0.4 is 9.46 Å². The summed E-state index contributed by atoms with van der Waals surface area (Å²) in [4.78, 5) is 13.1. The quantitative estimate of drug-likeness (QED) is 0.497. The minimum Gasteiger partial charge on any atom is -0.496 e. The van der Waals surface area contributed by atoms with Crippen LogP contribution in [0.5, 0.6) is 5.75 Å². The molecule has 0 saturated heterocycles. The lowest BCUT2D eigenvalue weighted by molar-refractivity contribution is 0.0993. The lowest BCUT2D eigenvalue weighted by atomic mass is 9.94. The number of carbonyl (C=O) groups excluding carboxylic acids is 1. The Morgan fingerprint density at radius 1 is 1.27 bits per heavy atom. The molecule has 10 heteroatoms. The second kappa shape index (κ2) is 8.41. The van der Waals surface area contributed by atoms with Crippen LogP contribution in [0.4, 0.5) is 5.88 Å². The van der Waals surface area contributed by atoms with Crippen LogP contribution in [0.15, 0.2) is 26.9 Å². The number of methoxy groups -OCH3 is 1. The summed E-state index contributed by atoms with van der Waals surface area (Å²) in [5.41, 5.74) is 3.97. The molecule has 0 atom stereocenters. The fourth-order valence-electron chi connectivity index (χ4n) is 3.34. The van der Waals surface area contributed by atoms with Gasteiger partial charge in [0.25, 0.3) is 15.9 Å². The first-order valence-electron chi connectivity index (χ1n) is 8.95. The van der Waals surface area contributed by atoms with Crippen LogP contribution >= 0.6 is 22.9 Å². The minimum atomic E-state index is -4.09. The molecular formula is C20H21ClN2O5S2. The molecule has 1 N–H and O–H groups in total. The van der Waals surface area contributed by atoms with E-state index in [0.29, 0.717) is 5.69 Å². The van der Waals surface area contributed by atoms with Gasteiger partial charge in [0.15, 0.2) is 5.78 Å². The molecule has 0 aliphatic heterocycles. The van der Waals surface area contributed by atoms with Crippen molar-refractivity contribution < 1.29 is 22.5 Å². The Morgan fingerprint density at radius 2 is 1.97 bits per heavy atom. The molecule has 2 heterocycles. The number of Topliss-reactive ketones (excluding diaryl/α,β-unsaturated/α-hetero) is 1. The molecule has 3 rings (SSSR count). The lowest BCUT2D eigenvalue weighted by Crippen LogP contribution is -2.16. The third-order valence-corrected chi connectivity index (χ3v) is 7.69. The molecule has 0 saturated carbocycles. The number of benzene rings is 1. The average Bonchev–Trinajstić information content (AvgIpc) is 3.28. The molecule has 0 aliphatic rings. The van der Waals surface area contributed by atoms with Crippen molar-refractivity contribution in [3.63, 3.8) is 0 Å². The molecule has 2 aromatic heterocycles. The summed E-state index contributed by atoms with van der Waals surface area (Å²) in [5, 5.41) is 5.26. The zero-order valence-electron chi connectivity index (χ0n) is 17.1. The van der Waals surface area contributed by atoms with Gasteiger partial charge in [0, 0.05) is 6.42 Å². The van der Waals surface area contributed by atoms with Gasteiger partial charge in [-0.3, -0.25) is 4.79 Å². The Morgan fingerprint density at radius 3 is 2.57 bits per heavy atom. The number of rotatable bonds is 7. The Bertz CT molecular complexity index is 1230. The van der Waals surface area contributed by atoms with E-state index in [1.54, 1.807) is 19.4 Å². The number of ether oxygens (including phenoxy) is 1. The molecule has 30 heavy (non-hydrogen) atoms. The number of carbonyl (C=O) groups is 1. The van der Waals surface area contributed by atoms with Crippen LogP contribution in [0.1, 0.15) is 37.6 Å². The van der Waals surface area contributed by atoms with E-state index < -0.39 is 10.0 Å². The van der Waals surface area contributed by atoms with E-state index in [9.17, 15) is 13.2 Å². The molecular weight excluding hydrogens is 448 g/mol. The molecule has 0 unspecified atom stereocenters. The van der Waals surface area contributed by atoms with Crippen LogP contribution in [0.25, 0.3) is 0 Å². The second-order valence-corrected chi connectivity index (χ2v) is 9.82. The number of thiophene rings is 1. The van der Waals surface area contributed by atoms with Crippen molar-refractivity contribution in [1.29, 1.82) is 0 Å². The number of hydrogen-bond donors (Lipinski definition) is 1. The fourth-order valence-corrected chi connectivity index (χ4v) is 5.90. The van der Waals surface area contributed by atoms with E-state index in [-0.39, 0.29) is 32.9 Å². The number of nitrogens with zero attached hydrogens (tertiary/aromatic N) is 1. The Labute approximate surface area is 184 Å². The molecule has 0 spiro atoms. The van der Waals surface area contributed by atoms with E-state index in [0.717, 1.165) is 39.3 Å². The molecule has 0 aliphatic carbocycles. The number of anilines is 1. The van der Waals surface area contributed by atoms with Crippen LogP contribution in [-0.4, -0.2) is 26.5 Å². The van der Waals surface area contributed by atoms with Crippen LogP contribution in [0.3, 0.4) is 0 Å². The molecule has 160 valence electrons. The number of nitrogens with one attached hydrogen (secondary N) is 1. The highest BCUT2D eigenvalue weighted by atomic mass is 35.5. The summed E-state index contributed by atoms with van der Waals surface area (Å²) in [5.74, 6) is 0.232. The third kappa shape index (κ3) is 4.10. The van der Waals surface area contributed by atoms with Crippen molar-refractivity contribution in [2.45, 2.75) is 39.0 Å². The van der Waals surface area contributed by atoms with Gasteiger partial charge in [-0.05, 0) is 61.4 Å². The Balaban J connectivity index is 1.94. The van der Waals surface area contributed by atoms with E-state index in [2.05, 4.69) is 9.88 Å². The molecule has 0 fully saturated rings. The molecule has 3 aromatic rings. The number of halogens is 1. The SMILES string of the molecule is COc1c(C)cc(C)c(CC(=O)c2sccc2S(=O)(=O)Nc2onc(C)c2Cl)c1C. The third-order valence-electron chi connectivity index (χ3n) is 4.79. The summed E-state index contributed by atoms with van der Waals surface area (Å²) in [7, 11) is -2.50. The summed E-state index contributed by atoms with van der Waals surface area (Å²) in [6.07, 6.45) is 0.0551. The topological polar surface area (TPSA) is 98.5 Å². The predicted molar refractivity (Wildman–Crippen MR) is 117 cm³/mol.